The van der Waals surface area contributed by atoms with E-state index in [1.165, 1.54) is 0 Å². The van der Waals surface area contributed by atoms with Crippen molar-refractivity contribution in [2.75, 3.05) is 19.7 Å². The minimum Gasteiger partial charge on any atom is -0.482 e. The van der Waals surface area contributed by atoms with E-state index in [9.17, 15) is 9.59 Å². The number of nitrogens with zero attached hydrogens (tertiary/aromatic N) is 1. The molecule has 1 aromatic carbocycles. The van der Waals surface area contributed by atoms with Crippen LogP contribution in [-0.4, -0.2) is 47.9 Å². The number of carbonyl (C=O) groups is 2. The van der Waals surface area contributed by atoms with E-state index in [0.717, 1.165) is 16.9 Å². The Morgan fingerprint density at radius 2 is 1.86 bits per heavy atom. The molecule has 0 unspecified atom stereocenters. The van der Waals surface area contributed by atoms with Crippen LogP contribution in [-0.2, 0) is 14.3 Å². The quantitative estimate of drug-likeness (QED) is 0.728. The second-order valence-electron chi connectivity index (χ2n) is 8.28. The van der Waals surface area contributed by atoms with Crippen LogP contribution in [0.2, 0.25) is 0 Å². The van der Waals surface area contributed by atoms with Gasteiger partial charge in [0.05, 0.1) is 13.0 Å². The van der Waals surface area contributed by atoms with E-state index in [0.29, 0.717) is 32.5 Å². The minimum atomic E-state index is -0.519. The Balaban J connectivity index is 1.77. The summed E-state index contributed by atoms with van der Waals surface area (Å²) in [6.07, 6.45) is 3.26. The van der Waals surface area contributed by atoms with Gasteiger partial charge in [0.25, 0.3) is 0 Å². The van der Waals surface area contributed by atoms with Crippen molar-refractivity contribution in [3.05, 3.63) is 35.9 Å². The fraction of sp³-hybridized carbons (Fsp3) is 0.545. The number of amides is 1. The predicted molar refractivity (Wildman–Crippen MR) is 106 cm³/mol. The SMILES string of the molecule is CCOC(=O)CC1=CC2(CCN(C(=O)OC(C)(C)C)CC2)Oc2ccccc21. The van der Waals surface area contributed by atoms with E-state index in [4.69, 9.17) is 14.2 Å². The number of likely N-dealkylation sites (tertiary alicyclic amines) is 1. The van der Waals surface area contributed by atoms with Crippen LogP contribution in [0.1, 0.15) is 52.5 Å². The lowest BCUT2D eigenvalue weighted by atomic mass is 9.84. The summed E-state index contributed by atoms with van der Waals surface area (Å²) in [5.41, 5.74) is 0.815. The Labute approximate surface area is 166 Å². The molecular formula is C22H29NO5. The highest BCUT2D eigenvalue weighted by Crippen LogP contribution is 2.42. The van der Waals surface area contributed by atoms with Crippen molar-refractivity contribution in [1.82, 2.24) is 4.90 Å². The first kappa shape index (κ1) is 20.2. The van der Waals surface area contributed by atoms with Crippen molar-refractivity contribution < 1.29 is 23.8 Å². The van der Waals surface area contributed by atoms with E-state index in [2.05, 4.69) is 6.08 Å². The third-order valence-corrected chi connectivity index (χ3v) is 4.89. The van der Waals surface area contributed by atoms with Crippen molar-refractivity contribution >= 4 is 17.6 Å². The second-order valence-corrected chi connectivity index (χ2v) is 8.28. The monoisotopic (exact) mass is 387 g/mol. The maximum absolute atomic E-state index is 12.4. The Morgan fingerprint density at radius 3 is 2.50 bits per heavy atom. The Kier molecular flexibility index (Phi) is 5.68. The maximum atomic E-state index is 12.4. The lowest BCUT2D eigenvalue weighted by Gasteiger charge is -2.43. The van der Waals surface area contributed by atoms with E-state index < -0.39 is 11.2 Å². The second kappa shape index (κ2) is 7.86. The Hall–Kier alpha value is -2.50. The fourth-order valence-electron chi connectivity index (χ4n) is 3.62. The van der Waals surface area contributed by atoms with Crippen LogP contribution in [0.4, 0.5) is 4.79 Å². The third kappa shape index (κ3) is 4.66. The topological polar surface area (TPSA) is 65.1 Å². The van der Waals surface area contributed by atoms with Crippen molar-refractivity contribution in [2.45, 2.75) is 58.2 Å². The largest absolute Gasteiger partial charge is 0.482 e. The standard InChI is InChI=1S/C22H29NO5/c1-5-26-19(24)14-16-15-22(27-18-9-7-6-8-17(16)18)10-12-23(13-11-22)20(25)28-21(2,3)4/h6-9,15H,5,10-14H2,1-4H3. The van der Waals surface area contributed by atoms with E-state index >= 15 is 0 Å². The zero-order chi connectivity index (χ0) is 20.4. The van der Waals surface area contributed by atoms with Crippen molar-refractivity contribution in [3.63, 3.8) is 0 Å². The van der Waals surface area contributed by atoms with Gasteiger partial charge in [0.2, 0.25) is 0 Å². The van der Waals surface area contributed by atoms with Crippen LogP contribution in [0.25, 0.3) is 5.57 Å². The molecule has 2 aliphatic heterocycles. The molecule has 0 aromatic heterocycles. The summed E-state index contributed by atoms with van der Waals surface area (Å²) in [6.45, 7) is 8.84. The molecule has 0 aliphatic carbocycles. The van der Waals surface area contributed by atoms with E-state index in [1.807, 2.05) is 45.0 Å². The summed E-state index contributed by atoms with van der Waals surface area (Å²) in [4.78, 5) is 26.2. The van der Waals surface area contributed by atoms with E-state index in [1.54, 1.807) is 11.8 Å². The van der Waals surface area contributed by atoms with Gasteiger partial charge in [-0.25, -0.2) is 4.79 Å². The fourth-order valence-corrected chi connectivity index (χ4v) is 3.62. The number of ether oxygens (including phenoxy) is 3. The molecule has 0 bridgehead atoms. The van der Waals surface area contributed by atoms with Gasteiger partial charge in [-0.2, -0.15) is 0 Å². The molecule has 0 atom stereocenters. The molecule has 28 heavy (non-hydrogen) atoms. The molecule has 1 aromatic rings. The summed E-state index contributed by atoms with van der Waals surface area (Å²) in [7, 11) is 0. The van der Waals surface area contributed by atoms with Crippen molar-refractivity contribution in [3.8, 4) is 5.75 Å². The van der Waals surface area contributed by atoms with Crippen LogP contribution in [0.5, 0.6) is 5.75 Å². The lowest BCUT2D eigenvalue weighted by molar-refractivity contribution is -0.141. The maximum Gasteiger partial charge on any atom is 0.410 e. The summed E-state index contributed by atoms with van der Waals surface area (Å²) >= 11 is 0. The van der Waals surface area contributed by atoms with Crippen LogP contribution >= 0.6 is 0 Å². The molecule has 2 aliphatic rings. The zero-order valence-electron chi connectivity index (χ0n) is 17.1. The third-order valence-electron chi connectivity index (χ3n) is 4.89. The number of hydrogen-bond donors (Lipinski definition) is 0. The van der Waals surface area contributed by atoms with Gasteiger partial charge in [-0.05, 0) is 45.4 Å². The molecule has 1 fully saturated rings. The molecule has 152 valence electrons. The van der Waals surface area contributed by atoms with Gasteiger partial charge in [0.15, 0.2) is 0 Å². The first-order chi connectivity index (χ1) is 13.2. The number of carbonyl (C=O) groups excluding carboxylic acids is 2. The van der Waals surface area contributed by atoms with E-state index in [-0.39, 0.29) is 18.5 Å². The van der Waals surface area contributed by atoms with Gasteiger partial charge in [0.1, 0.15) is 17.0 Å². The molecule has 0 radical (unpaired) electrons. The van der Waals surface area contributed by atoms with Gasteiger partial charge in [-0.3, -0.25) is 4.79 Å². The Morgan fingerprint density at radius 1 is 1.18 bits per heavy atom. The molecule has 3 rings (SSSR count). The molecule has 0 saturated carbocycles. The Bertz CT molecular complexity index is 769. The summed E-state index contributed by atoms with van der Waals surface area (Å²) in [5, 5.41) is 0. The highest BCUT2D eigenvalue weighted by atomic mass is 16.6. The molecule has 6 heteroatoms. The summed E-state index contributed by atoms with van der Waals surface area (Å²) < 4.78 is 17.0. The molecule has 1 spiro atoms. The average molecular weight is 387 g/mol. The number of esters is 1. The first-order valence-electron chi connectivity index (χ1n) is 9.85. The number of fused-ring (bicyclic) bond motifs is 1. The summed E-state index contributed by atoms with van der Waals surface area (Å²) in [5.74, 6) is 0.529. The minimum absolute atomic E-state index is 0.214. The van der Waals surface area contributed by atoms with Crippen LogP contribution in [0.3, 0.4) is 0 Å². The van der Waals surface area contributed by atoms with Crippen molar-refractivity contribution in [1.29, 1.82) is 0 Å². The number of hydrogen-bond acceptors (Lipinski definition) is 5. The molecule has 1 amide bonds. The number of rotatable bonds is 3. The van der Waals surface area contributed by atoms with Crippen LogP contribution in [0, 0.1) is 0 Å². The average Bonchev–Trinajstić information content (AvgIpc) is 2.61. The number of para-hydroxylation sites is 1. The normalized spacial score (nSPS) is 18.0. The molecule has 2 heterocycles. The lowest BCUT2D eigenvalue weighted by Crippen LogP contribution is -2.50. The number of benzene rings is 1. The van der Waals surface area contributed by atoms with Gasteiger partial charge in [0, 0.05) is 31.5 Å². The van der Waals surface area contributed by atoms with Gasteiger partial charge >= 0.3 is 12.1 Å². The van der Waals surface area contributed by atoms with Gasteiger partial charge in [-0.1, -0.05) is 18.2 Å². The predicted octanol–water partition coefficient (Wildman–Crippen LogP) is 4.19. The van der Waals surface area contributed by atoms with Crippen LogP contribution < -0.4 is 4.74 Å². The highest BCUT2D eigenvalue weighted by Gasteiger charge is 2.40. The van der Waals surface area contributed by atoms with Gasteiger partial charge in [-0.15, -0.1) is 0 Å². The van der Waals surface area contributed by atoms with Crippen LogP contribution in [0.15, 0.2) is 30.3 Å². The van der Waals surface area contributed by atoms with Crippen molar-refractivity contribution in [2.24, 2.45) is 0 Å². The molecular weight excluding hydrogens is 358 g/mol. The number of piperidine rings is 1. The molecule has 0 N–H and O–H groups in total. The highest BCUT2D eigenvalue weighted by molar-refractivity contribution is 5.87. The molecule has 6 nitrogen and oxygen atoms in total. The molecule has 1 saturated heterocycles. The first-order valence-corrected chi connectivity index (χ1v) is 9.85. The smallest absolute Gasteiger partial charge is 0.410 e. The van der Waals surface area contributed by atoms with Gasteiger partial charge < -0.3 is 19.1 Å². The zero-order valence-corrected chi connectivity index (χ0v) is 17.1. The summed E-state index contributed by atoms with van der Waals surface area (Å²) in [6, 6.07) is 7.75.